The smallest absolute Gasteiger partial charge is 0.408 e. The van der Waals surface area contributed by atoms with E-state index in [0.29, 0.717) is 5.56 Å². The first-order valence-corrected chi connectivity index (χ1v) is 11.0. The molecule has 0 aliphatic rings. The number of phenols is 1. The molecule has 2 aromatic carbocycles. The van der Waals surface area contributed by atoms with Crippen LogP contribution >= 0.6 is 0 Å². The largest absolute Gasteiger partial charge is 0.508 e. The Morgan fingerprint density at radius 2 is 1.74 bits per heavy atom. The summed E-state index contributed by atoms with van der Waals surface area (Å²) in [5.74, 6) is -1.17. The van der Waals surface area contributed by atoms with Crippen LogP contribution in [-0.2, 0) is 20.9 Å². The standard InChI is InChI=1S/C25H33N3O6/c1-17(27-24(33)34-25(2,3)4)23(32)28(13-14-29)21(19-11-8-12-20(30)15-19)22(31)26-16-18-9-6-5-7-10-18/h5-12,15,17,21,29-30H,13-14,16H2,1-4H3,(H,26,31)(H,27,33). The van der Waals surface area contributed by atoms with Crippen molar-refractivity contribution in [2.75, 3.05) is 13.2 Å². The van der Waals surface area contributed by atoms with Gasteiger partial charge >= 0.3 is 6.09 Å². The maximum atomic E-state index is 13.3. The first-order chi connectivity index (χ1) is 16.0. The lowest BCUT2D eigenvalue weighted by Gasteiger charge is -2.33. The second-order valence-corrected chi connectivity index (χ2v) is 8.82. The fourth-order valence-electron chi connectivity index (χ4n) is 3.32. The van der Waals surface area contributed by atoms with Crippen LogP contribution in [0.2, 0.25) is 0 Å². The van der Waals surface area contributed by atoms with Gasteiger partial charge in [0.1, 0.15) is 23.4 Å². The lowest BCUT2D eigenvalue weighted by atomic mass is 10.0. The van der Waals surface area contributed by atoms with Crippen molar-refractivity contribution >= 4 is 17.9 Å². The van der Waals surface area contributed by atoms with Crippen LogP contribution in [0.4, 0.5) is 4.79 Å². The number of nitrogens with one attached hydrogen (secondary N) is 2. The molecule has 0 aliphatic carbocycles. The van der Waals surface area contributed by atoms with Crippen molar-refractivity contribution in [1.29, 1.82) is 0 Å². The van der Waals surface area contributed by atoms with Crippen LogP contribution in [0.5, 0.6) is 5.75 Å². The van der Waals surface area contributed by atoms with Crippen molar-refractivity contribution in [2.45, 2.75) is 51.9 Å². The molecule has 2 aromatic rings. The maximum absolute atomic E-state index is 13.3. The van der Waals surface area contributed by atoms with Gasteiger partial charge in [-0.15, -0.1) is 0 Å². The molecule has 0 bridgehead atoms. The van der Waals surface area contributed by atoms with E-state index in [9.17, 15) is 24.6 Å². The molecule has 0 saturated heterocycles. The molecule has 0 saturated carbocycles. The van der Waals surface area contributed by atoms with Crippen molar-refractivity contribution in [3.63, 3.8) is 0 Å². The van der Waals surface area contributed by atoms with Gasteiger partial charge in [0.05, 0.1) is 6.61 Å². The van der Waals surface area contributed by atoms with E-state index in [1.165, 1.54) is 24.0 Å². The summed E-state index contributed by atoms with van der Waals surface area (Å²) >= 11 is 0. The van der Waals surface area contributed by atoms with Gasteiger partial charge in [-0.1, -0.05) is 42.5 Å². The van der Waals surface area contributed by atoms with Crippen LogP contribution in [0.3, 0.4) is 0 Å². The van der Waals surface area contributed by atoms with Crippen molar-refractivity contribution in [1.82, 2.24) is 15.5 Å². The summed E-state index contributed by atoms with van der Waals surface area (Å²) in [5.41, 5.74) is 0.473. The number of phenolic OH excluding ortho intramolecular Hbond substituents is 1. The minimum Gasteiger partial charge on any atom is -0.508 e. The van der Waals surface area contributed by atoms with E-state index in [-0.39, 0.29) is 18.8 Å². The third-order valence-corrected chi connectivity index (χ3v) is 4.78. The molecular formula is C25H33N3O6. The van der Waals surface area contributed by atoms with Gasteiger partial charge in [-0.3, -0.25) is 9.59 Å². The maximum Gasteiger partial charge on any atom is 0.408 e. The Morgan fingerprint density at radius 1 is 1.06 bits per heavy atom. The molecule has 9 nitrogen and oxygen atoms in total. The quantitative estimate of drug-likeness (QED) is 0.445. The first kappa shape index (κ1) is 26.7. The summed E-state index contributed by atoms with van der Waals surface area (Å²) in [6.07, 6.45) is -0.778. The van der Waals surface area contributed by atoms with E-state index < -0.39 is 42.2 Å². The van der Waals surface area contributed by atoms with Gasteiger partial charge in [-0.2, -0.15) is 0 Å². The molecule has 0 heterocycles. The number of carbonyl (C=O) groups is 3. The lowest BCUT2D eigenvalue weighted by Crippen LogP contribution is -2.52. The van der Waals surface area contributed by atoms with E-state index in [1.54, 1.807) is 32.9 Å². The molecule has 9 heteroatoms. The molecule has 2 rings (SSSR count). The number of hydrogen-bond acceptors (Lipinski definition) is 6. The Kier molecular flexibility index (Phi) is 9.44. The van der Waals surface area contributed by atoms with E-state index in [0.717, 1.165) is 5.56 Å². The third kappa shape index (κ3) is 8.08. The number of amides is 3. The summed E-state index contributed by atoms with van der Waals surface area (Å²) in [7, 11) is 0. The van der Waals surface area contributed by atoms with Crippen molar-refractivity contribution < 1.29 is 29.3 Å². The van der Waals surface area contributed by atoms with Crippen molar-refractivity contribution in [2.24, 2.45) is 0 Å². The monoisotopic (exact) mass is 471 g/mol. The van der Waals surface area contributed by atoms with E-state index in [1.807, 2.05) is 30.3 Å². The van der Waals surface area contributed by atoms with E-state index in [4.69, 9.17) is 4.74 Å². The Labute approximate surface area is 199 Å². The zero-order chi connectivity index (χ0) is 25.3. The number of aliphatic hydroxyl groups excluding tert-OH is 1. The number of aliphatic hydroxyl groups is 1. The molecule has 2 unspecified atom stereocenters. The number of nitrogens with zero attached hydrogens (tertiary/aromatic N) is 1. The number of benzene rings is 2. The van der Waals surface area contributed by atoms with Crippen LogP contribution in [0.15, 0.2) is 54.6 Å². The molecule has 4 N–H and O–H groups in total. The van der Waals surface area contributed by atoms with Crippen molar-refractivity contribution in [3.8, 4) is 5.75 Å². The number of alkyl carbamates (subject to hydrolysis) is 1. The molecule has 0 spiro atoms. The highest BCUT2D eigenvalue weighted by Gasteiger charge is 2.34. The van der Waals surface area contributed by atoms with Gasteiger partial charge in [0.15, 0.2) is 0 Å². The molecule has 0 aliphatic heterocycles. The molecule has 0 radical (unpaired) electrons. The fourth-order valence-corrected chi connectivity index (χ4v) is 3.32. The number of aromatic hydroxyl groups is 1. The highest BCUT2D eigenvalue weighted by molar-refractivity contribution is 5.92. The summed E-state index contributed by atoms with van der Waals surface area (Å²) in [6.45, 7) is 6.22. The second kappa shape index (κ2) is 12.0. The molecule has 2 atom stereocenters. The van der Waals surface area contributed by atoms with Gasteiger partial charge in [-0.05, 0) is 51.0 Å². The number of rotatable bonds is 9. The van der Waals surface area contributed by atoms with Crippen molar-refractivity contribution in [3.05, 3.63) is 65.7 Å². The van der Waals surface area contributed by atoms with Gasteiger partial charge in [-0.25, -0.2) is 4.79 Å². The first-order valence-electron chi connectivity index (χ1n) is 11.0. The number of ether oxygens (including phenoxy) is 1. The normalized spacial score (nSPS) is 12.9. The molecule has 184 valence electrons. The molecule has 34 heavy (non-hydrogen) atoms. The summed E-state index contributed by atoms with van der Waals surface area (Å²) in [4.78, 5) is 40.0. The van der Waals surface area contributed by atoms with Gasteiger partial charge in [0.2, 0.25) is 11.8 Å². The molecule has 0 fully saturated rings. The predicted molar refractivity (Wildman–Crippen MR) is 127 cm³/mol. The van der Waals surface area contributed by atoms with Gasteiger partial charge in [0.25, 0.3) is 0 Å². The minimum absolute atomic E-state index is 0.0744. The minimum atomic E-state index is -1.15. The number of hydrogen-bond donors (Lipinski definition) is 4. The predicted octanol–water partition coefficient (Wildman–Crippen LogP) is 2.48. The fraction of sp³-hybridized carbons (Fsp3) is 0.400. The lowest BCUT2D eigenvalue weighted by molar-refractivity contribution is -0.142. The SMILES string of the molecule is CC(NC(=O)OC(C)(C)C)C(=O)N(CCO)C(C(=O)NCc1ccccc1)c1cccc(O)c1. The average molecular weight is 472 g/mol. The number of carbonyl (C=O) groups excluding carboxylic acids is 3. The summed E-state index contributed by atoms with van der Waals surface area (Å²) < 4.78 is 5.21. The zero-order valence-electron chi connectivity index (χ0n) is 19.9. The van der Waals surface area contributed by atoms with Gasteiger partial charge in [0, 0.05) is 13.1 Å². The molecule has 3 amide bonds. The Bertz CT molecular complexity index is 974. The highest BCUT2D eigenvalue weighted by Crippen LogP contribution is 2.25. The van der Waals surface area contributed by atoms with Crippen LogP contribution < -0.4 is 10.6 Å². The zero-order valence-corrected chi connectivity index (χ0v) is 19.9. The molecular weight excluding hydrogens is 438 g/mol. The van der Waals surface area contributed by atoms with E-state index in [2.05, 4.69) is 10.6 Å². The van der Waals surface area contributed by atoms with Crippen LogP contribution in [0, 0.1) is 0 Å². The highest BCUT2D eigenvalue weighted by atomic mass is 16.6. The summed E-state index contributed by atoms with van der Waals surface area (Å²) in [5, 5.41) is 24.9. The summed E-state index contributed by atoms with van der Waals surface area (Å²) in [6, 6.07) is 13.1. The van der Waals surface area contributed by atoms with Gasteiger partial charge < -0.3 is 30.5 Å². The Hall–Kier alpha value is -3.59. The molecule has 0 aromatic heterocycles. The third-order valence-electron chi connectivity index (χ3n) is 4.78. The average Bonchev–Trinajstić information content (AvgIpc) is 2.76. The topological polar surface area (TPSA) is 128 Å². The van der Waals surface area contributed by atoms with Crippen LogP contribution in [0.1, 0.15) is 44.9 Å². The van der Waals surface area contributed by atoms with Crippen LogP contribution in [0.25, 0.3) is 0 Å². The van der Waals surface area contributed by atoms with Crippen LogP contribution in [-0.4, -0.2) is 57.8 Å². The Morgan fingerprint density at radius 3 is 2.32 bits per heavy atom. The Balaban J connectivity index is 2.30. The van der Waals surface area contributed by atoms with E-state index >= 15 is 0 Å². The second-order valence-electron chi connectivity index (χ2n) is 8.82.